The summed E-state index contributed by atoms with van der Waals surface area (Å²) in [4.78, 5) is 5.53. The fourth-order valence-electron chi connectivity index (χ4n) is 15.7. The van der Waals surface area contributed by atoms with Gasteiger partial charge < -0.3 is 9.80 Å². The van der Waals surface area contributed by atoms with E-state index in [4.69, 9.17) is 0 Å². The molecule has 0 N–H and O–H groups in total. The van der Waals surface area contributed by atoms with Crippen LogP contribution in [0.25, 0.3) is 43.8 Å². The van der Waals surface area contributed by atoms with Crippen LogP contribution in [-0.2, 0) is 10.8 Å². The Morgan fingerprint density at radius 1 is 0.324 bits per heavy atom. The van der Waals surface area contributed by atoms with Crippen LogP contribution in [0.5, 0.6) is 0 Å². The van der Waals surface area contributed by atoms with Crippen LogP contribution in [0.1, 0.15) is 94.5 Å². The molecule has 0 unspecified atom stereocenters. The predicted molar refractivity (Wildman–Crippen MR) is 320 cm³/mol. The van der Waals surface area contributed by atoms with Crippen molar-refractivity contribution in [1.29, 1.82) is 0 Å². The average molecular weight is 951 g/mol. The molecule has 0 saturated carbocycles. The van der Waals surface area contributed by atoms with Crippen LogP contribution in [0, 0.1) is 55.4 Å². The summed E-state index contributed by atoms with van der Waals surface area (Å²) in [6, 6.07) is 58.3. The minimum absolute atomic E-state index is 0.0300. The van der Waals surface area contributed by atoms with Gasteiger partial charge in [-0.3, -0.25) is 0 Å². The molecule has 2 nitrogen and oxygen atoms in total. The van der Waals surface area contributed by atoms with Crippen molar-refractivity contribution in [3.8, 4) is 22.3 Å². The Morgan fingerprint density at radius 3 is 1.08 bits per heavy atom. The highest BCUT2D eigenvalue weighted by molar-refractivity contribution is 7.01. The Morgan fingerprint density at radius 2 is 0.689 bits per heavy atom. The molecular formula is C70H60B2N2. The molecule has 15 rings (SSSR count). The Balaban J connectivity index is 1.15. The fourth-order valence-corrected chi connectivity index (χ4v) is 15.7. The zero-order chi connectivity index (χ0) is 50.8. The monoisotopic (exact) mass is 950 g/mol. The van der Waals surface area contributed by atoms with E-state index in [1.54, 1.807) is 0 Å². The quantitative estimate of drug-likeness (QED) is 0.159. The molecule has 3 aliphatic heterocycles. The van der Waals surface area contributed by atoms with E-state index in [-0.39, 0.29) is 24.3 Å². The van der Waals surface area contributed by atoms with Crippen molar-refractivity contribution in [1.82, 2.24) is 0 Å². The number of hydrogen-bond donors (Lipinski definition) is 0. The molecule has 4 heteroatoms. The van der Waals surface area contributed by atoms with E-state index in [9.17, 15) is 0 Å². The van der Waals surface area contributed by atoms with Crippen molar-refractivity contribution >= 4 is 102 Å². The molecule has 5 aliphatic rings. The van der Waals surface area contributed by atoms with Gasteiger partial charge in [-0.1, -0.05) is 204 Å². The summed E-state index contributed by atoms with van der Waals surface area (Å²) in [6.45, 7) is 28.2. The third-order valence-electron chi connectivity index (χ3n) is 18.7. The lowest BCUT2D eigenvalue weighted by Crippen LogP contribution is -2.62. The second-order valence-corrected chi connectivity index (χ2v) is 24.2. The molecule has 0 saturated heterocycles. The minimum Gasteiger partial charge on any atom is -0.307 e. The molecule has 2 aliphatic carbocycles. The van der Waals surface area contributed by atoms with Gasteiger partial charge in [-0.05, 0) is 168 Å². The Kier molecular flexibility index (Phi) is 8.68. The largest absolute Gasteiger partial charge is 0.307 e. The molecular weight excluding hydrogens is 890 g/mol. The van der Waals surface area contributed by atoms with Crippen LogP contribution < -0.4 is 42.6 Å². The number of nitrogens with zero attached hydrogens (tertiary/aromatic N) is 2. The lowest BCUT2D eigenvalue weighted by molar-refractivity contribution is 0.659. The summed E-state index contributed by atoms with van der Waals surface area (Å²) in [7, 11) is 0. The predicted octanol–water partition coefficient (Wildman–Crippen LogP) is 14.0. The number of anilines is 6. The van der Waals surface area contributed by atoms with Gasteiger partial charge in [0.25, 0.3) is 0 Å². The van der Waals surface area contributed by atoms with E-state index in [1.807, 2.05) is 0 Å². The smallest absolute Gasteiger partial charge is 0.248 e. The first kappa shape index (κ1) is 44.0. The normalized spacial score (nSPS) is 15.4. The van der Waals surface area contributed by atoms with E-state index in [2.05, 4.69) is 238 Å². The maximum atomic E-state index is 2.76. The van der Waals surface area contributed by atoms with E-state index in [1.165, 1.54) is 177 Å². The highest BCUT2D eigenvalue weighted by Crippen LogP contribution is 2.60. The summed E-state index contributed by atoms with van der Waals surface area (Å²) in [6.07, 6.45) is 0. The fraction of sp³-hybridized carbons (Fsp3) is 0.200. The summed E-state index contributed by atoms with van der Waals surface area (Å²) in [5, 5.41) is 5.16. The molecule has 74 heavy (non-hydrogen) atoms. The average Bonchev–Trinajstić information content (AvgIpc) is 3.84. The Bertz CT molecular complexity index is 3940. The van der Waals surface area contributed by atoms with E-state index >= 15 is 0 Å². The van der Waals surface area contributed by atoms with Crippen molar-refractivity contribution in [3.63, 3.8) is 0 Å². The van der Waals surface area contributed by atoms with Gasteiger partial charge in [0.1, 0.15) is 0 Å². The summed E-state index contributed by atoms with van der Waals surface area (Å²) in [5.41, 5.74) is 37.4. The van der Waals surface area contributed by atoms with Gasteiger partial charge in [0.05, 0.1) is 22.7 Å². The van der Waals surface area contributed by atoms with Gasteiger partial charge in [0.2, 0.25) is 13.4 Å². The molecule has 0 radical (unpaired) electrons. The van der Waals surface area contributed by atoms with E-state index in [0.717, 1.165) is 0 Å². The molecule has 3 heterocycles. The Labute approximate surface area is 437 Å². The van der Waals surface area contributed by atoms with Crippen molar-refractivity contribution in [3.05, 3.63) is 212 Å². The standard InChI is InChI=1S/C70H60B2N2/c1-37-21-23-49-51-33-57-59(35-55(51)69(9,10)53(49)29-37)73-61-31-45-17-14-16-20-48(45)66-68(61)74(62-32-46-18-13-15-19-47(46)65(67(62)73)71(57)63-41(5)25-39(3)26-42(63)6)60-36-56-52(50-24-22-38(2)30-54(50)70(56,11)12)34-58(60)72(66)64-43(7)27-40(4)28-44(64)8/h13-36H,1-12H3. The number of rotatable bonds is 2. The highest BCUT2D eigenvalue weighted by Gasteiger charge is 2.51. The van der Waals surface area contributed by atoms with Crippen LogP contribution in [0.2, 0.25) is 0 Å². The molecule has 0 spiro atoms. The van der Waals surface area contributed by atoms with Crippen LogP contribution in [-0.4, -0.2) is 13.4 Å². The molecule has 0 atom stereocenters. The molecule has 10 aromatic rings. The van der Waals surface area contributed by atoms with Crippen LogP contribution in [0.3, 0.4) is 0 Å². The molecule has 356 valence electrons. The molecule has 0 bridgehead atoms. The van der Waals surface area contributed by atoms with Gasteiger partial charge in [-0.2, -0.15) is 0 Å². The third-order valence-corrected chi connectivity index (χ3v) is 18.7. The van der Waals surface area contributed by atoms with Gasteiger partial charge in [0.15, 0.2) is 0 Å². The van der Waals surface area contributed by atoms with Crippen LogP contribution >= 0.6 is 0 Å². The highest BCUT2D eigenvalue weighted by atomic mass is 15.3. The molecule has 0 fully saturated rings. The lowest BCUT2D eigenvalue weighted by Gasteiger charge is -2.50. The molecule has 0 aromatic heterocycles. The van der Waals surface area contributed by atoms with Gasteiger partial charge in [-0.15, -0.1) is 0 Å². The summed E-state index contributed by atoms with van der Waals surface area (Å²) < 4.78 is 0. The van der Waals surface area contributed by atoms with Crippen molar-refractivity contribution in [2.75, 3.05) is 9.80 Å². The Hall–Kier alpha value is -7.55. The lowest BCUT2D eigenvalue weighted by atomic mass is 9.32. The second-order valence-electron chi connectivity index (χ2n) is 24.2. The SMILES string of the molecule is Cc1cc(C)c(B2c3cc4c(cc3N3c5cc6ccccc6c6c5N(c5cc7c(cc5B6c5c(C)cc(C)cc5C)-c5ccc(C)cc5C7(C)C)c5cc6ccccc6c2c53)C(C)(C)c2cc(C)ccc2-4)c(C)c1. The second kappa shape index (κ2) is 14.6. The maximum absolute atomic E-state index is 2.76. The van der Waals surface area contributed by atoms with Gasteiger partial charge in [-0.25, -0.2) is 0 Å². The first-order valence-electron chi connectivity index (χ1n) is 27.0. The first-order valence-corrected chi connectivity index (χ1v) is 27.0. The van der Waals surface area contributed by atoms with Crippen molar-refractivity contribution in [2.45, 2.75) is 93.9 Å². The van der Waals surface area contributed by atoms with E-state index < -0.39 is 0 Å². The number of aryl methyl sites for hydroxylation is 8. The molecule has 0 amide bonds. The number of fused-ring (bicyclic) bond motifs is 16. The van der Waals surface area contributed by atoms with E-state index in [0.29, 0.717) is 0 Å². The topological polar surface area (TPSA) is 6.48 Å². The van der Waals surface area contributed by atoms with Crippen LogP contribution in [0.15, 0.2) is 146 Å². The molecule has 10 aromatic carbocycles. The van der Waals surface area contributed by atoms with Gasteiger partial charge >= 0.3 is 0 Å². The zero-order valence-corrected chi connectivity index (χ0v) is 44.9. The third kappa shape index (κ3) is 5.54. The first-order chi connectivity index (χ1) is 35.5. The maximum Gasteiger partial charge on any atom is 0.248 e. The van der Waals surface area contributed by atoms with Crippen LogP contribution in [0.4, 0.5) is 34.1 Å². The van der Waals surface area contributed by atoms with Crippen molar-refractivity contribution < 1.29 is 0 Å². The minimum atomic E-state index is -0.193. The summed E-state index contributed by atoms with van der Waals surface area (Å²) in [5.74, 6) is 0. The zero-order valence-electron chi connectivity index (χ0n) is 44.9. The number of hydrogen-bond acceptors (Lipinski definition) is 2. The summed E-state index contributed by atoms with van der Waals surface area (Å²) >= 11 is 0. The van der Waals surface area contributed by atoms with Gasteiger partial charge in [0, 0.05) is 22.2 Å². The number of benzene rings is 10. The van der Waals surface area contributed by atoms with Crippen molar-refractivity contribution in [2.24, 2.45) is 0 Å².